The van der Waals surface area contributed by atoms with Crippen LogP contribution in [0.2, 0.25) is 0 Å². The standard InChI is InChI=1S/C21H33N7O.HI/c1-2-22-21(24-14-9-16-27-15-6-3-4-12-20(27)29)23-13-8-11-19-26-25-18-10-5-7-17-28(18)19;/h5,7,10,17H,2-4,6,8-9,11-16H2,1H3,(H2,22,23,24);1H. The summed E-state index contributed by atoms with van der Waals surface area (Å²) in [6.45, 7) is 6.13. The summed E-state index contributed by atoms with van der Waals surface area (Å²) < 4.78 is 2.03. The molecule has 2 aromatic rings. The Morgan fingerprint density at radius 1 is 1.17 bits per heavy atom. The summed E-state index contributed by atoms with van der Waals surface area (Å²) in [6, 6.07) is 5.92. The summed E-state index contributed by atoms with van der Waals surface area (Å²) in [7, 11) is 0. The topological polar surface area (TPSA) is 86.9 Å². The van der Waals surface area contributed by atoms with Gasteiger partial charge in [-0.25, -0.2) is 0 Å². The monoisotopic (exact) mass is 527 g/mol. The molecule has 8 nitrogen and oxygen atoms in total. The molecule has 2 N–H and O–H groups in total. The highest BCUT2D eigenvalue weighted by Gasteiger charge is 2.15. The molecule has 3 rings (SSSR count). The maximum absolute atomic E-state index is 12.1. The Bertz CT molecular complexity index is 808. The average Bonchev–Trinajstić information content (AvgIpc) is 3.03. The Balaban J connectivity index is 0.00000320. The first kappa shape index (κ1) is 24.4. The minimum Gasteiger partial charge on any atom is -0.357 e. The van der Waals surface area contributed by atoms with Gasteiger partial charge >= 0.3 is 0 Å². The van der Waals surface area contributed by atoms with Crippen molar-refractivity contribution >= 4 is 41.5 Å². The molecule has 1 amide bonds. The number of nitrogens with zero attached hydrogens (tertiary/aromatic N) is 5. The van der Waals surface area contributed by atoms with E-state index in [1.165, 1.54) is 6.42 Å². The van der Waals surface area contributed by atoms with Gasteiger partial charge in [-0.3, -0.25) is 14.2 Å². The van der Waals surface area contributed by atoms with Crippen molar-refractivity contribution in [2.75, 3.05) is 32.7 Å². The highest BCUT2D eigenvalue weighted by atomic mass is 127. The number of pyridine rings is 1. The third-order valence-electron chi connectivity index (χ3n) is 5.13. The lowest BCUT2D eigenvalue weighted by atomic mass is 10.2. The number of aryl methyl sites for hydroxylation is 1. The zero-order valence-corrected chi connectivity index (χ0v) is 20.2. The van der Waals surface area contributed by atoms with Gasteiger partial charge in [0, 0.05) is 51.8 Å². The Morgan fingerprint density at radius 2 is 2.07 bits per heavy atom. The molecular formula is C21H34IN7O. The number of rotatable bonds is 9. The number of hydrogen-bond acceptors (Lipinski definition) is 4. The van der Waals surface area contributed by atoms with Crippen LogP contribution in [0.5, 0.6) is 0 Å². The number of aliphatic imine (C=N–C) groups is 1. The van der Waals surface area contributed by atoms with Crippen LogP contribution in [-0.4, -0.2) is 64.1 Å². The molecule has 0 aliphatic carbocycles. The van der Waals surface area contributed by atoms with Crippen molar-refractivity contribution < 1.29 is 4.79 Å². The van der Waals surface area contributed by atoms with Crippen molar-refractivity contribution in [3.8, 4) is 0 Å². The van der Waals surface area contributed by atoms with Gasteiger partial charge in [0.05, 0.1) is 0 Å². The van der Waals surface area contributed by atoms with Gasteiger partial charge in [0.2, 0.25) is 5.91 Å². The van der Waals surface area contributed by atoms with Gasteiger partial charge in [-0.2, -0.15) is 0 Å². The van der Waals surface area contributed by atoms with Gasteiger partial charge in [0.25, 0.3) is 0 Å². The van der Waals surface area contributed by atoms with E-state index in [2.05, 4.69) is 32.7 Å². The van der Waals surface area contributed by atoms with Crippen LogP contribution < -0.4 is 10.6 Å². The van der Waals surface area contributed by atoms with Crippen LogP contribution in [0.25, 0.3) is 5.65 Å². The number of likely N-dealkylation sites (tertiary alicyclic amines) is 1. The zero-order valence-electron chi connectivity index (χ0n) is 17.8. The lowest BCUT2D eigenvalue weighted by Gasteiger charge is -2.20. The highest BCUT2D eigenvalue weighted by Crippen LogP contribution is 2.11. The number of hydrogen-bond donors (Lipinski definition) is 2. The minimum atomic E-state index is 0. The van der Waals surface area contributed by atoms with E-state index in [0.717, 1.165) is 75.7 Å². The van der Waals surface area contributed by atoms with Crippen LogP contribution in [0.15, 0.2) is 29.4 Å². The van der Waals surface area contributed by atoms with E-state index in [4.69, 9.17) is 0 Å². The average molecular weight is 527 g/mol. The molecule has 0 spiro atoms. The van der Waals surface area contributed by atoms with Crippen molar-refractivity contribution in [2.45, 2.75) is 51.9 Å². The van der Waals surface area contributed by atoms with E-state index in [0.29, 0.717) is 18.9 Å². The fourth-order valence-corrected chi connectivity index (χ4v) is 3.58. The lowest BCUT2D eigenvalue weighted by molar-refractivity contribution is -0.130. The number of carbonyl (C=O) groups is 1. The summed E-state index contributed by atoms with van der Waals surface area (Å²) in [4.78, 5) is 18.7. The molecule has 1 aliphatic rings. The minimum absolute atomic E-state index is 0. The van der Waals surface area contributed by atoms with Gasteiger partial charge in [-0.1, -0.05) is 12.5 Å². The largest absolute Gasteiger partial charge is 0.357 e. The van der Waals surface area contributed by atoms with Crippen molar-refractivity contribution in [3.63, 3.8) is 0 Å². The smallest absolute Gasteiger partial charge is 0.222 e. The number of carbonyl (C=O) groups excluding carboxylic acids is 1. The lowest BCUT2D eigenvalue weighted by Crippen LogP contribution is -2.38. The zero-order chi connectivity index (χ0) is 20.3. The summed E-state index contributed by atoms with van der Waals surface area (Å²) in [6.07, 6.45) is 8.73. The first-order valence-electron chi connectivity index (χ1n) is 10.9. The van der Waals surface area contributed by atoms with Crippen LogP contribution in [0.3, 0.4) is 0 Å². The quantitative estimate of drug-likeness (QED) is 0.227. The Labute approximate surface area is 195 Å². The van der Waals surface area contributed by atoms with E-state index in [1.807, 2.05) is 33.7 Å². The second-order valence-corrected chi connectivity index (χ2v) is 7.38. The molecule has 9 heteroatoms. The number of fused-ring (bicyclic) bond motifs is 1. The van der Waals surface area contributed by atoms with Crippen LogP contribution in [-0.2, 0) is 11.2 Å². The second kappa shape index (κ2) is 13.4. The fourth-order valence-electron chi connectivity index (χ4n) is 3.58. The molecule has 2 aromatic heterocycles. The second-order valence-electron chi connectivity index (χ2n) is 7.38. The van der Waals surface area contributed by atoms with Gasteiger partial charge < -0.3 is 15.5 Å². The van der Waals surface area contributed by atoms with Crippen molar-refractivity contribution in [1.29, 1.82) is 0 Å². The van der Waals surface area contributed by atoms with Gasteiger partial charge in [-0.15, -0.1) is 34.2 Å². The van der Waals surface area contributed by atoms with Crippen LogP contribution in [0, 0.1) is 0 Å². The predicted octanol–water partition coefficient (Wildman–Crippen LogP) is 2.63. The third kappa shape index (κ3) is 7.41. The summed E-state index contributed by atoms with van der Waals surface area (Å²) >= 11 is 0. The highest BCUT2D eigenvalue weighted by molar-refractivity contribution is 14.0. The van der Waals surface area contributed by atoms with Crippen LogP contribution in [0.4, 0.5) is 0 Å². The number of aromatic nitrogens is 3. The normalized spacial score (nSPS) is 15.0. The fraction of sp³-hybridized carbons (Fsp3) is 0.619. The number of halogens is 1. The summed E-state index contributed by atoms with van der Waals surface area (Å²) in [5, 5.41) is 15.1. The maximum atomic E-state index is 12.1. The third-order valence-corrected chi connectivity index (χ3v) is 5.13. The molecule has 0 unspecified atom stereocenters. The van der Waals surface area contributed by atoms with Gasteiger partial charge in [0.1, 0.15) is 5.82 Å². The molecule has 1 saturated heterocycles. The molecule has 1 fully saturated rings. The SMILES string of the molecule is CCNC(=NCCCN1CCCCCC1=O)NCCCc1nnc2ccccn12.I. The Morgan fingerprint density at radius 3 is 2.93 bits per heavy atom. The maximum Gasteiger partial charge on any atom is 0.222 e. The van der Waals surface area contributed by atoms with E-state index in [-0.39, 0.29) is 24.0 Å². The van der Waals surface area contributed by atoms with Crippen LogP contribution in [0.1, 0.15) is 51.3 Å². The predicted molar refractivity (Wildman–Crippen MR) is 130 cm³/mol. The first-order valence-corrected chi connectivity index (χ1v) is 10.9. The molecule has 0 radical (unpaired) electrons. The molecule has 166 valence electrons. The van der Waals surface area contributed by atoms with E-state index in [1.54, 1.807) is 0 Å². The summed E-state index contributed by atoms with van der Waals surface area (Å²) in [5.74, 6) is 2.12. The molecule has 0 saturated carbocycles. The van der Waals surface area contributed by atoms with Crippen molar-refractivity contribution in [3.05, 3.63) is 30.2 Å². The Kier molecular flexibility index (Phi) is 10.9. The van der Waals surface area contributed by atoms with Gasteiger partial charge in [-0.05, 0) is 44.7 Å². The van der Waals surface area contributed by atoms with E-state index in [9.17, 15) is 4.79 Å². The molecule has 0 aromatic carbocycles. The molecular weight excluding hydrogens is 493 g/mol. The number of guanidine groups is 1. The summed E-state index contributed by atoms with van der Waals surface area (Å²) in [5.41, 5.74) is 0.883. The molecule has 3 heterocycles. The molecule has 0 atom stereocenters. The Hall–Kier alpha value is -1.91. The van der Waals surface area contributed by atoms with E-state index < -0.39 is 0 Å². The molecule has 1 aliphatic heterocycles. The van der Waals surface area contributed by atoms with E-state index >= 15 is 0 Å². The number of amides is 1. The van der Waals surface area contributed by atoms with Crippen LogP contribution >= 0.6 is 24.0 Å². The first-order chi connectivity index (χ1) is 14.3. The van der Waals surface area contributed by atoms with Gasteiger partial charge in [0.15, 0.2) is 11.6 Å². The van der Waals surface area contributed by atoms with Crippen molar-refractivity contribution in [1.82, 2.24) is 30.1 Å². The molecule has 30 heavy (non-hydrogen) atoms. The number of nitrogens with one attached hydrogen (secondary N) is 2. The van der Waals surface area contributed by atoms with Crippen molar-refractivity contribution in [2.24, 2.45) is 4.99 Å². The molecule has 0 bridgehead atoms.